The summed E-state index contributed by atoms with van der Waals surface area (Å²) in [7, 11) is -3.58. The summed E-state index contributed by atoms with van der Waals surface area (Å²) in [5.41, 5.74) is -0.388. The van der Waals surface area contributed by atoms with Gasteiger partial charge in [-0.2, -0.15) is 5.10 Å². The van der Waals surface area contributed by atoms with Gasteiger partial charge in [0.1, 0.15) is 4.90 Å². The second kappa shape index (κ2) is 4.40. The van der Waals surface area contributed by atoms with Crippen molar-refractivity contribution in [3.05, 3.63) is 11.9 Å². The van der Waals surface area contributed by atoms with E-state index in [0.29, 0.717) is 18.5 Å². The maximum absolute atomic E-state index is 11.9. The lowest BCUT2D eigenvalue weighted by Crippen LogP contribution is -2.40. The van der Waals surface area contributed by atoms with Crippen LogP contribution in [0.2, 0.25) is 0 Å². The summed E-state index contributed by atoms with van der Waals surface area (Å²) in [5, 5.41) is 16.3. The molecule has 0 spiro atoms. The average molecular weight is 259 g/mol. The number of H-pyrrole nitrogens is 1. The maximum atomic E-state index is 11.9. The smallest absolute Gasteiger partial charge is 0.244 e. The third kappa shape index (κ3) is 2.67. The summed E-state index contributed by atoms with van der Waals surface area (Å²) < 4.78 is 26.3. The van der Waals surface area contributed by atoms with Crippen LogP contribution < -0.4 is 4.72 Å². The van der Waals surface area contributed by atoms with Gasteiger partial charge in [-0.25, -0.2) is 13.1 Å². The van der Waals surface area contributed by atoms with Crippen LogP contribution in [0.5, 0.6) is 0 Å². The van der Waals surface area contributed by atoms with Crippen LogP contribution >= 0.6 is 0 Å². The van der Waals surface area contributed by atoms with Gasteiger partial charge in [0.2, 0.25) is 10.0 Å². The molecule has 7 heteroatoms. The number of aromatic nitrogens is 2. The lowest BCUT2D eigenvalue weighted by Gasteiger charge is -2.22. The van der Waals surface area contributed by atoms with Gasteiger partial charge in [-0.1, -0.05) is 12.8 Å². The first-order valence-corrected chi connectivity index (χ1v) is 7.13. The highest BCUT2D eigenvalue weighted by atomic mass is 32.2. The Bertz CT molecular complexity index is 489. The van der Waals surface area contributed by atoms with Gasteiger partial charge in [0.05, 0.1) is 17.5 Å². The molecule has 0 saturated heterocycles. The Labute approximate surface area is 100 Å². The monoisotopic (exact) mass is 259 g/mol. The molecule has 1 saturated carbocycles. The molecule has 1 heterocycles. The van der Waals surface area contributed by atoms with E-state index in [1.165, 1.54) is 6.20 Å². The van der Waals surface area contributed by atoms with Gasteiger partial charge in [0.25, 0.3) is 0 Å². The molecule has 1 fully saturated rings. The molecule has 1 aromatic heterocycles. The number of sulfonamides is 1. The van der Waals surface area contributed by atoms with Gasteiger partial charge in [0.15, 0.2) is 0 Å². The molecular formula is C10H17N3O3S. The average Bonchev–Trinajstić information content (AvgIpc) is 2.86. The fraction of sp³-hybridized carbons (Fsp3) is 0.700. The molecule has 96 valence electrons. The third-order valence-electron chi connectivity index (χ3n) is 3.20. The molecule has 0 aromatic carbocycles. The van der Waals surface area contributed by atoms with E-state index in [9.17, 15) is 13.5 Å². The number of aryl methyl sites for hydroxylation is 1. The van der Waals surface area contributed by atoms with E-state index < -0.39 is 15.6 Å². The number of aromatic amines is 1. The van der Waals surface area contributed by atoms with Crippen molar-refractivity contribution in [3.8, 4) is 0 Å². The van der Waals surface area contributed by atoms with E-state index in [4.69, 9.17) is 0 Å². The van der Waals surface area contributed by atoms with Crippen LogP contribution in [0.15, 0.2) is 11.1 Å². The minimum Gasteiger partial charge on any atom is -0.389 e. The summed E-state index contributed by atoms with van der Waals surface area (Å²) in [6.07, 6.45) is 4.47. The first kappa shape index (κ1) is 12.5. The molecule has 0 radical (unpaired) electrons. The zero-order chi connectivity index (χ0) is 12.5. The van der Waals surface area contributed by atoms with E-state index in [0.717, 1.165) is 12.8 Å². The first-order chi connectivity index (χ1) is 7.93. The molecule has 0 atom stereocenters. The van der Waals surface area contributed by atoms with E-state index >= 15 is 0 Å². The third-order valence-corrected chi connectivity index (χ3v) is 4.71. The molecule has 3 N–H and O–H groups in total. The van der Waals surface area contributed by atoms with Crippen molar-refractivity contribution in [2.24, 2.45) is 0 Å². The van der Waals surface area contributed by atoms with Crippen molar-refractivity contribution in [1.82, 2.24) is 14.9 Å². The number of nitrogens with one attached hydrogen (secondary N) is 2. The molecule has 1 aromatic rings. The van der Waals surface area contributed by atoms with Crippen molar-refractivity contribution in [2.45, 2.75) is 43.1 Å². The standard InChI is InChI=1S/C10H17N3O3S/c1-8-9(6-11-13-8)17(15,16)12-7-10(14)4-2-3-5-10/h6,12,14H,2-5,7H2,1H3,(H,11,13). The second-order valence-corrected chi connectivity index (χ2v) is 6.35. The van der Waals surface area contributed by atoms with E-state index in [-0.39, 0.29) is 11.4 Å². The van der Waals surface area contributed by atoms with Crippen molar-refractivity contribution >= 4 is 10.0 Å². The van der Waals surface area contributed by atoms with E-state index in [2.05, 4.69) is 14.9 Å². The second-order valence-electron chi connectivity index (χ2n) is 4.62. The van der Waals surface area contributed by atoms with Crippen LogP contribution in [-0.4, -0.2) is 35.9 Å². The lowest BCUT2D eigenvalue weighted by molar-refractivity contribution is 0.0531. The van der Waals surface area contributed by atoms with Crippen molar-refractivity contribution in [2.75, 3.05) is 6.54 Å². The van der Waals surface area contributed by atoms with Crippen molar-refractivity contribution < 1.29 is 13.5 Å². The van der Waals surface area contributed by atoms with Crippen LogP contribution in [0.25, 0.3) is 0 Å². The Kier molecular flexibility index (Phi) is 3.24. The van der Waals surface area contributed by atoms with Crippen LogP contribution in [0.1, 0.15) is 31.4 Å². The summed E-state index contributed by atoms with van der Waals surface area (Å²) in [5.74, 6) is 0. The molecule has 1 aliphatic rings. The van der Waals surface area contributed by atoms with E-state index in [1.807, 2.05) is 0 Å². The molecular weight excluding hydrogens is 242 g/mol. The Morgan fingerprint density at radius 1 is 1.53 bits per heavy atom. The van der Waals surface area contributed by atoms with Crippen LogP contribution in [0, 0.1) is 6.92 Å². The molecule has 6 nitrogen and oxygen atoms in total. The first-order valence-electron chi connectivity index (χ1n) is 5.65. The van der Waals surface area contributed by atoms with E-state index in [1.54, 1.807) is 6.92 Å². The normalized spacial score (nSPS) is 19.6. The quantitative estimate of drug-likeness (QED) is 0.725. The van der Waals surface area contributed by atoms with Gasteiger partial charge in [0, 0.05) is 6.54 Å². The highest BCUT2D eigenvalue weighted by Crippen LogP contribution is 2.29. The Hall–Kier alpha value is -0.920. The van der Waals surface area contributed by atoms with Crippen molar-refractivity contribution in [3.63, 3.8) is 0 Å². The predicted octanol–water partition coefficient (Wildman–Crippen LogP) is 0.302. The highest BCUT2D eigenvalue weighted by Gasteiger charge is 2.33. The summed E-state index contributed by atoms with van der Waals surface area (Å²) in [4.78, 5) is 0.138. The molecule has 17 heavy (non-hydrogen) atoms. The summed E-state index contributed by atoms with van der Waals surface area (Å²) in [6.45, 7) is 1.71. The molecule has 0 unspecified atom stereocenters. The number of nitrogens with zero attached hydrogens (tertiary/aromatic N) is 1. The highest BCUT2D eigenvalue weighted by molar-refractivity contribution is 7.89. The Balaban J connectivity index is 2.06. The number of hydrogen-bond donors (Lipinski definition) is 3. The predicted molar refractivity (Wildman–Crippen MR) is 61.9 cm³/mol. The molecule has 2 rings (SSSR count). The fourth-order valence-corrected chi connectivity index (χ4v) is 3.38. The van der Waals surface area contributed by atoms with Crippen LogP contribution in [0.4, 0.5) is 0 Å². The molecule has 0 aliphatic heterocycles. The van der Waals surface area contributed by atoms with Gasteiger partial charge in [-0.3, -0.25) is 5.10 Å². The van der Waals surface area contributed by atoms with Crippen LogP contribution in [-0.2, 0) is 10.0 Å². The fourth-order valence-electron chi connectivity index (χ4n) is 2.13. The van der Waals surface area contributed by atoms with Gasteiger partial charge in [-0.15, -0.1) is 0 Å². The number of hydrogen-bond acceptors (Lipinski definition) is 4. The Morgan fingerprint density at radius 3 is 2.71 bits per heavy atom. The molecule has 0 bridgehead atoms. The van der Waals surface area contributed by atoms with Gasteiger partial charge in [-0.05, 0) is 19.8 Å². The van der Waals surface area contributed by atoms with Gasteiger partial charge >= 0.3 is 0 Å². The zero-order valence-corrected chi connectivity index (χ0v) is 10.5. The summed E-state index contributed by atoms with van der Waals surface area (Å²) in [6, 6.07) is 0. The largest absolute Gasteiger partial charge is 0.389 e. The van der Waals surface area contributed by atoms with Crippen molar-refractivity contribution in [1.29, 1.82) is 0 Å². The topological polar surface area (TPSA) is 95.1 Å². The number of aliphatic hydroxyl groups is 1. The molecule has 1 aliphatic carbocycles. The number of rotatable bonds is 4. The van der Waals surface area contributed by atoms with Crippen LogP contribution in [0.3, 0.4) is 0 Å². The minimum absolute atomic E-state index is 0.0694. The lowest BCUT2D eigenvalue weighted by atomic mass is 10.0. The molecule has 0 amide bonds. The zero-order valence-electron chi connectivity index (χ0n) is 9.73. The Morgan fingerprint density at radius 2 is 2.18 bits per heavy atom. The maximum Gasteiger partial charge on any atom is 0.244 e. The minimum atomic E-state index is -3.58. The van der Waals surface area contributed by atoms with Gasteiger partial charge < -0.3 is 5.11 Å². The SMILES string of the molecule is Cc1[nH]ncc1S(=O)(=O)NCC1(O)CCCC1. The summed E-state index contributed by atoms with van der Waals surface area (Å²) >= 11 is 0.